The number of benzene rings is 1. The first-order chi connectivity index (χ1) is 8.10. The first kappa shape index (κ1) is 13.0. The van der Waals surface area contributed by atoms with Gasteiger partial charge in [0.15, 0.2) is 0 Å². The fourth-order valence-corrected chi connectivity index (χ4v) is 1.55. The van der Waals surface area contributed by atoms with Gasteiger partial charge in [-0.15, -0.1) is 0 Å². The van der Waals surface area contributed by atoms with Crippen LogP contribution >= 0.6 is 0 Å². The Hall–Kier alpha value is -2.02. The number of hydrogen-bond acceptors (Lipinski definition) is 3. The molecule has 0 saturated carbocycles. The highest BCUT2D eigenvalue weighted by molar-refractivity contribution is 5.80. The van der Waals surface area contributed by atoms with Gasteiger partial charge >= 0.3 is 0 Å². The predicted molar refractivity (Wildman–Crippen MR) is 64.2 cm³/mol. The summed E-state index contributed by atoms with van der Waals surface area (Å²) in [6.07, 6.45) is 0. The zero-order valence-corrected chi connectivity index (χ0v) is 10.3. The lowest BCUT2D eigenvalue weighted by molar-refractivity contribution is -0.132. The summed E-state index contributed by atoms with van der Waals surface area (Å²) >= 11 is 0. The molecule has 1 aromatic rings. The molecule has 0 radical (unpaired) electrons. The molecule has 0 N–H and O–H groups in total. The summed E-state index contributed by atoms with van der Waals surface area (Å²) in [6, 6.07) is 9.46. The molecule has 0 bridgehead atoms. The third kappa shape index (κ3) is 3.22. The second-order valence-corrected chi connectivity index (χ2v) is 3.86. The van der Waals surface area contributed by atoms with Gasteiger partial charge < -0.3 is 9.64 Å². The van der Waals surface area contributed by atoms with Gasteiger partial charge in [-0.3, -0.25) is 4.79 Å². The summed E-state index contributed by atoms with van der Waals surface area (Å²) in [5.74, 6) is -0.0510. The Balaban J connectivity index is 2.78. The van der Waals surface area contributed by atoms with E-state index in [1.165, 1.54) is 4.90 Å². The molecule has 4 nitrogen and oxygen atoms in total. The summed E-state index contributed by atoms with van der Waals surface area (Å²) in [5, 5.41) is 8.70. The maximum absolute atomic E-state index is 11.7. The van der Waals surface area contributed by atoms with Gasteiger partial charge in [-0.05, 0) is 13.0 Å². The predicted octanol–water partition coefficient (Wildman–Crippen LogP) is 1.81. The number of amides is 1. The molecule has 0 aliphatic rings. The molecular weight excluding hydrogens is 216 g/mol. The van der Waals surface area contributed by atoms with E-state index >= 15 is 0 Å². The average molecular weight is 232 g/mol. The molecule has 0 aliphatic carbocycles. The quantitative estimate of drug-likeness (QED) is 0.795. The van der Waals surface area contributed by atoms with Gasteiger partial charge in [0.1, 0.15) is 11.7 Å². The van der Waals surface area contributed by atoms with Crippen LogP contribution in [0.3, 0.4) is 0 Å². The van der Waals surface area contributed by atoms with Crippen LogP contribution in [-0.2, 0) is 11.3 Å². The van der Waals surface area contributed by atoms with E-state index in [-0.39, 0.29) is 5.91 Å². The minimum atomic E-state index is -0.616. The average Bonchev–Trinajstić information content (AvgIpc) is 2.37. The lowest BCUT2D eigenvalue weighted by atomic mass is 10.1. The molecule has 4 heteroatoms. The molecule has 90 valence electrons. The number of carbonyl (C=O) groups excluding carboxylic acids is 1. The molecule has 17 heavy (non-hydrogen) atoms. The highest BCUT2D eigenvalue weighted by Crippen LogP contribution is 2.19. The number of rotatable bonds is 4. The number of hydrogen-bond donors (Lipinski definition) is 0. The Morgan fingerprint density at radius 2 is 2.18 bits per heavy atom. The van der Waals surface area contributed by atoms with Crippen LogP contribution in [0.1, 0.15) is 12.5 Å². The lowest BCUT2D eigenvalue weighted by Crippen LogP contribution is -2.30. The topological polar surface area (TPSA) is 53.3 Å². The smallest absolute Gasteiger partial charge is 0.239 e. The van der Waals surface area contributed by atoms with Crippen LogP contribution < -0.4 is 4.74 Å². The van der Waals surface area contributed by atoms with Gasteiger partial charge in [0.05, 0.1) is 13.2 Å². The van der Waals surface area contributed by atoms with Crippen LogP contribution in [0, 0.1) is 17.2 Å². The molecule has 1 amide bonds. The van der Waals surface area contributed by atoms with Crippen LogP contribution in [0.25, 0.3) is 0 Å². The molecular formula is C13H16N2O2. The van der Waals surface area contributed by atoms with Crippen molar-refractivity contribution < 1.29 is 9.53 Å². The standard InChI is InChI=1S/C13H16N2O2/c1-10(8-14)13(16)15(2)9-11-6-4-5-7-12(11)17-3/h4-7,10H,9H2,1-3H3. The third-order valence-electron chi connectivity index (χ3n) is 2.54. The molecule has 0 spiro atoms. The van der Waals surface area contributed by atoms with Crippen LogP contribution in [0.2, 0.25) is 0 Å². The normalized spacial score (nSPS) is 11.4. The highest BCUT2D eigenvalue weighted by atomic mass is 16.5. The molecule has 0 aromatic heterocycles. The van der Waals surface area contributed by atoms with Crippen molar-refractivity contribution in [1.29, 1.82) is 5.26 Å². The fourth-order valence-electron chi connectivity index (χ4n) is 1.55. The zero-order chi connectivity index (χ0) is 12.8. The molecule has 0 aliphatic heterocycles. The fraction of sp³-hybridized carbons (Fsp3) is 0.385. The number of carbonyl (C=O) groups is 1. The van der Waals surface area contributed by atoms with E-state index in [0.29, 0.717) is 6.54 Å². The first-order valence-corrected chi connectivity index (χ1v) is 5.36. The molecule has 1 atom stereocenters. The molecule has 1 rings (SSSR count). The van der Waals surface area contributed by atoms with E-state index in [1.807, 2.05) is 30.3 Å². The molecule has 0 saturated heterocycles. The molecule has 1 unspecified atom stereocenters. The number of ether oxygens (including phenoxy) is 1. The van der Waals surface area contributed by atoms with Crippen molar-refractivity contribution in [3.63, 3.8) is 0 Å². The van der Waals surface area contributed by atoms with Crippen LogP contribution in [0.15, 0.2) is 24.3 Å². The van der Waals surface area contributed by atoms with Gasteiger partial charge in [-0.2, -0.15) is 5.26 Å². The van der Waals surface area contributed by atoms with E-state index in [2.05, 4.69) is 0 Å². The minimum absolute atomic E-state index is 0.182. The summed E-state index contributed by atoms with van der Waals surface area (Å²) in [7, 11) is 3.28. The van der Waals surface area contributed by atoms with E-state index in [1.54, 1.807) is 21.1 Å². The first-order valence-electron chi connectivity index (χ1n) is 5.36. The number of nitrogens with zero attached hydrogens (tertiary/aromatic N) is 2. The zero-order valence-electron chi connectivity index (χ0n) is 10.3. The Bertz CT molecular complexity index is 437. The SMILES string of the molecule is COc1ccccc1CN(C)C(=O)C(C)C#N. The minimum Gasteiger partial charge on any atom is -0.496 e. The number of methoxy groups -OCH3 is 1. The highest BCUT2D eigenvalue weighted by Gasteiger charge is 2.17. The van der Waals surface area contributed by atoms with Crippen LogP contribution in [-0.4, -0.2) is 25.0 Å². The second-order valence-electron chi connectivity index (χ2n) is 3.86. The van der Waals surface area contributed by atoms with Gasteiger partial charge in [0.25, 0.3) is 0 Å². The maximum Gasteiger partial charge on any atom is 0.239 e. The Kier molecular flexibility index (Phi) is 4.53. The number of nitriles is 1. The van der Waals surface area contributed by atoms with Crippen LogP contribution in [0.4, 0.5) is 0 Å². The largest absolute Gasteiger partial charge is 0.496 e. The van der Waals surface area contributed by atoms with Gasteiger partial charge in [-0.1, -0.05) is 18.2 Å². The van der Waals surface area contributed by atoms with Crippen molar-refractivity contribution in [2.75, 3.05) is 14.2 Å². The second kappa shape index (κ2) is 5.90. The Morgan fingerprint density at radius 1 is 1.53 bits per heavy atom. The monoisotopic (exact) mass is 232 g/mol. The van der Waals surface area contributed by atoms with Crippen molar-refractivity contribution in [2.45, 2.75) is 13.5 Å². The molecule has 0 heterocycles. The third-order valence-corrected chi connectivity index (χ3v) is 2.54. The van der Waals surface area contributed by atoms with Crippen molar-refractivity contribution in [3.05, 3.63) is 29.8 Å². The van der Waals surface area contributed by atoms with Crippen molar-refractivity contribution in [1.82, 2.24) is 4.90 Å². The van der Waals surface area contributed by atoms with Gasteiger partial charge in [0, 0.05) is 19.2 Å². The molecule has 1 aromatic carbocycles. The van der Waals surface area contributed by atoms with Crippen LogP contribution in [0.5, 0.6) is 5.75 Å². The van der Waals surface area contributed by atoms with Gasteiger partial charge in [-0.25, -0.2) is 0 Å². The maximum atomic E-state index is 11.7. The Labute approximate surface area is 101 Å². The number of para-hydroxylation sites is 1. The Morgan fingerprint density at radius 3 is 2.76 bits per heavy atom. The van der Waals surface area contributed by atoms with Crippen molar-refractivity contribution >= 4 is 5.91 Å². The van der Waals surface area contributed by atoms with E-state index < -0.39 is 5.92 Å². The summed E-state index contributed by atoms with van der Waals surface area (Å²) in [6.45, 7) is 2.04. The molecule has 0 fully saturated rings. The summed E-state index contributed by atoms with van der Waals surface area (Å²) < 4.78 is 5.21. The summed E-state index contributed by atoms with van der Waals surface area (Å²) in [4.78, 5) is 13.3. The van der Waals surface area contributed by atoms with Gasteiger partial charge in [0.2, 0.25) is 5.91 Å². The summed E-state index contributed by atoms with van der Waals surface area (Å²) in [5.41, 5.74) is 0.927. The van der Waals surface area contributed by atoms with E-state index in [9.17, 15) is 4.79 Å². The lowest BCUT2D eigenvalue weighted by Gasteiger charge is -2.19. The van der Waals surface area contributed by atoms with E-state index in [4.69, 9.17) is 10.00 Å². The van der Waals surface area contributed by atoms with Crippen molar-refractivity contribution in [2.24, 2.45) is 5.92 Å². The van der Waals surface area contributed by atoms with E-state index in [0.717, 1.165) is 11.3 Å². The van der Waals surface area contributed by atoms with Crippen molar-refractivity contribution in [3.8, 4) is 11.8 Å².